The Bertz CT molecular complexity index is 485. The molecule has 110 valence electrons. The lowest BCUT2D eigenvalue weighted by atomic mass is 9.80. The van der Waals surface area contributed by atoms with Crippen LogP contribution in [0.4, 0.5) is 4.39 Å². The van der Waals surface area contributed by atoms with Crippen LogP contribution in [0.5, 0.6) is 0 Å². The Morgan fingerprint density at radius 2 is 2.10 bits per heavy atom. The summed E-state index contributed by atoms with van der Waals surface area (Å²) < 4.78 is 19.5. The van der Waals surface area contributed by atoms with Gasteiger partial charge in [0.2, 0.25) is 0 Å². The van der Waals surface area contributed by atoms with Gasteiger partial charge in [-0.05, 0) is 37.7 Å². The molecule has 1 aromatic carbocycles. The zero-order chi connectivity index (χ0) is 14.2. The molecule has 2 unspecified atom stereocenters. The predicted molar refractivity (Wildman–Crippen MR) is 76.2 cm³/mol. The number of aliphatic hydroxyl groups is 1. The summed E-state index contributed by atoms with van der Waals surface area (Å²) in [5.74, 6) is -0.369. The van der Waals surface area contributed by atoms with Crippen LogP contribution in [-0.4, -0.2) is 17.3 Å². The van der Waals surface area contributed by atoms with Gasteiger partial charge in [0, 0.05) is 12.2 Å². The van der Waals surface area contributed by atoms with Crippen LogP contribution in [0.15, 0.2) is 18.2 Å². The zero-order valence-corrected chi connectivity index (χ0v) is 12.2. The molecule has 0 amide bonds. The van der Waals surface area contributed by atoms with Gasteiger partial charge in [-0.25, -0.2) is 4.39 Å². The molecule has 2 aliphatic rings. The molecule has 4 heteroatoms. The van der Waals surface area contributed by atoms with E-state index >= 15 is 0 Å². The topological polar surface area (TPSA) is 29.5 Å². The van der Waals surface area contributed by atoms with Gasteiger partial charge in [-0.3, -0.25) is 0 Å². The fourth-order valence-corrected chi connectivity index (χ4v) is 3.94. The van der Waals surface area contributed by atoms with E-state index in [9.17, 15) is 9.50 Å². The first-order valence-corrected chi connectivity index (χ1v) is 7.75. The van der Waals surface area contributed by atoms with Crippen molar-refractivity contribution in [3.63, 3.8) is 0 Å². The van der Waals surface area contributed by atoms with Crippen LogP contribution in [0.1, 0.15) is 50.2 Å². The van der Waals surface area contributed by atoms with E-state index in [4.69, 9.17) is 16.3 Å². The molecule has 1 aromatic rings. The molecular weight excluding hydrogens is 279 g/mol. The van der Waals surface area contributed by atoms with Gasteiger partial charge in [-0.1, -0.05) is 36.6 Å². The molecule has 20 heavy (non-hydrogen) atoms. The Balaban J connectivity index is 1.79. The molecule has 1 saturated heterocycles. The molecule has 1 heterocycles. The molecule has 0 aromatic heterocycles. The fraction of sp³-hybridized carbons (Fsp3) is 0.625. The molecule has 2 atom stereocenters. The number of hydrogen-bond donors (Lipinski definition) is 1. The maximum Gasteiger partial charge on any atom is 0.142 e. The predicted octanol–water partition coefficient (Wildman–Crippen LogP) is 4.25. The van der Waals surface area contributed by atoms with E-state index in [2.05, 4.69) is 0 Å². The fourth-order valence-electron chi connectivity index (χ4n) is 3.71. The van der Waals surface area contributed by atoms with E-state index < -0.39 is 11.9 Å². The first-order chi connectivity index (χ1) is 9.61. The van der Waals surface area contributed by atoms with Crippen molar-refractivity contribution in [2.75, 3.05) is 6.61 Å². The number of benzene rings is 1. The summed E-state index contributed by atoms with van der Waals surface area (Å²) >= 11 is 5.99. The highest BCUT2D eigenvalue weighted by Gasteiger charge is 2.42. The average molecular weight is 299 g/mol. The second kappa shape index (κ2) is 5.63. The molecule has 0 bridgehead atoms. The Morgan fingerprint density at radius 3 is 2.85 bits per heavy atom. The van der Waals surface area contributed by atoms with Crippen molar-refractivity contribution in [3.8, 4) is 0 Å². The van der Waals surface area contributed by atoms with E-state index in [1.54, 1.807) is 12.1 Å². The molecule has 2 nitrogen and oxygen atoms in total. The van der Waals surface area contributed by atoms with Crippen molar-refractivity contribution in [2.24, 2.45) is 5.92 Å². The summed E-state index contributed by atoms with van der Waals surface area (Å²) in [5, 5.41) is 10.6. The number of aliphatic hydroxyl groups excluding tert-OH is 1. The molecule has 0 radical (unpaired) electrons. The van der Waals surface area contributed by atoms with Gasteiger partial charge in [0.25, 0.3) is 0 Å². The van der Waals surface area contributed by atoms with Gasteiger partial charge in [0.05, 0.1) is 16.7 Å². The lowest BCUT2D eigenvalue weighted by molar-refractivity contribution is -0.113. The largest absolute Gasteiger partial charge is 0.388 e. The van der Waals surface area contributed by atoms with Crippen LogP contribution in [0, 0.1) is 11.7 Å². The third-order valence-corrected chi connectivity index (χ3v) is 5.19. The van der Waals surface area contributed by atoms with Crippen LogP contribution >= 0.6 is 11.6 Å². The minimum atomic E-state index is -0.709. The first-order valence-electron chi connectivity index (χ1n) is 7.37. The lowest BCUT2D eigenvalue weighted by Crippen LogP contribution is -2.39. The second-order valence-electron chi connectivity index (χ2n) is 6.08. The highest BCUT2D eigenvalue weighted by Crippen LogP contribution is 2.46. The minimum absolute atomic E-state index is 0.0481. The van der Waals surface area contributed by atoms with Gasteiger partial charge >= 0.3 is 0 Å². The summed E-state index contributed by atoms with van der Waals surface area (Å²) in [6.45, 7) is 0.675. The Hall–Kier alpha value is -0.640. The van der Waals surface area contributed by atoms with Crippen molar-refractivity contribution in [1.29, 1.82) is 0 Å². The number of hydrogen-bond acceptors (Lipinski definition) is 2. The molecule has 1 N–H and O–H groups in total. The van der Waals surface area contributed by atoms with Crippen molar-refractivity contribution >= 4 is 11.6 Å². The van der Waals surface area contributed by atoms with E-state index in [0.717, 1.165) is 25.7 Å². The number of ether oxygens (including phenoxy) is 1. The Kier molecular flexibility index (Phi) is 4.02. The average Bonchev–Trinajstić information content (AvgIpc) is 2.89. The normalized spacial score (nSPS) is 26.9. The van der Waals surface area contributed by atoms with Gasteiger partial charge < -0.3 is 9.84 Å². The molecular formula is C16H20ClFO2. The lowest BCUT2D eigenvalue weighted by Gasteiger charge is -2.40. The maximum absolute atomic E-state index is 13.5. The number of rotatable bonds is 2. The molecule has 1 aliphatic carbocycles. The molecule has 1 saturated carbocycles. The molecule has 1 aliphatic heterocycles. The monoisotopic (exact) mass is 298 g/mol. The minimum Gasteiger partial charge on any atom is -0.388 e. The van der Waals surface area contributed by atoms with E-state index in [-0.39, 0.29) is 16.5 Å². The summed E-state index contributed by atoms with van der Waals surface area (Å²) in [4.78, 5) is 0. The van der Waals surface area contributed by atoms with Gasteiger partial charge in [-0.15, -0.1) is 0 Å². The Labute approximate surface area is 123 Å². The summed E-state index contributed by atoms with van der Waals surface area (Å²) in [5.41, 5.74) is 0.454. The van der Waals surface area contributed by atoms with E-state index in [1.165, 1.54) is 18.9 Å². The third-order valence-electron chi connectivity index (χ3n) is 4.79. The summed E-state index contributed by atoms with van der Waals surface area (Å²) in [7, 11) is 0. The SMILES string of the molecule is OC(c1cccc(F)c1Cl)C1CCOC2(CCCC2)C1. The van der Waals surface area contributed by atoms with Crippen LogP contribution in [-0.2, 0) is 4.74 Å². The van der Waals surface area contributed by atoms with Crippen molar-refractivity contribution < 1.29 is 14.2 Å². The van der Waals surface area contributed by atoms with Crippen LogP contribution in [0.25, 0.3) is 0 Å². The molecule has 3 rings (SSSR count). The van der Waals surface area contributed by atoms with Crippen molar-refractivity contribution in [3.05, 3.63) is 34.6 Å². The first kappa shape index (κ1) is 14.3. The van der Waals surface area contributed by atoms with Crippen molar-refractivity contribution in [1.82, 2.24) is 0 Å². The van der Waals surface area contributed by atoms with Gasteiger partial charge in [0.15, 0.2) is 0 Å². The highest BCUT2D eigenvalue weighted by molar-refractivity contribution is 6.31. The molecule has 1 spiro atoms. The third kappa shape index (κ3) is 2.59. The van der Waals surface area contributed by atoms with E-state index in [1.807, 2.05) is 0 Å². The molecule has 2 fully saturated rings. The quantitative estimate of drug-likeness (QED) is 0.884. The smallest absolute Gasteiger partial charge is 0.142 e. The zero-order valence-electron chi connectivity index (χ0n) is 11.4. The van der Waals surface area contributed by atoms with Gasteiger partial charge in [0.1, 0.15) is 5.82 Å². The van der Waals surface area contributed by atoms with Crippen molar-refractivity contribution in [2.45, 2.75) is 50.2 Å². The Morgan fingerprint density at radius 1 is 1.35 bits per heavy atom. The second-order valence-corrected chi connectivity index (χ2v) is 6.46. The van der Waals surface area contributed by atoms with Gasteiger partial charge in [-0.2, -0.15) is 0 Å². The standard InChI is InChI=1S/C16H20ClFO2/c17-14-12(4-3-5-13(14)18)15(19)11-6-9-20-16(10-11)7-1-2-8-16/h3-5,11,15,19H,1-2,6-10H2. The van der Waals surface area contributed by atoms with E-state index in [0.29, 0.717) is 12.2 Å². The number of halogens is 2. The maximum atomic E-state index is 13.5. The van der Waals surface area contributed by atoms with Crippen LogP contribution < -0.4 is 0 Å². The van der Waals surface area contributed by atoms with Crippen LogP contribution in [0.3, 0.4) is 0 Å². The highest BCUT2D eigenvalue weighted by atomic mass is 35.5. The summed E-state index contributed by atoms with van der Waals surface area (Å²) in [6, 6.07) is 4.64. The van der Waals surface area contributed by atoms with Crippen LogP contribution in [0.2, 0.25) is 5.02 Å². The summed E-state index contributed by atoms with van der Waals surface area (Å²) in [6.07, 6.45) is 5.49.